The number of allylic oxidation sites excluding steroid dienone is 2. The Labute approximate surface area is 204 Å². The maximum Gasteiger partial charge on any atom is 0.334 e. The summed E-state index contributed by atoms with van der Waals surface area (Å²) >= 11 is 6.54. The molecule has 0 aromatic heterocycles. The minimum atomic E-state index is -1.70. The lowest BCUT2D eigenvalue weighted by Gasteiger charge is -2.28. The third kappa shape index (κ3) is 3.90. The van der Waals surface area contributed by atoms with Gasteiger partial charge >= 0.3 is 5.97 Å². The minimum absolute atomic E-state index is 0.167. The Morgan fingerprint density at radius 3 is 1.94 bits per heavy atom. The second-order valence-corrected chi connectivity index (χ2v) is 8.23. The van der Waals surface area contributed by atoms with E-state index in [1.807, 2.05) is 60.7 Å². The number of carbonyl (C=O) groups is 1. The van der Waals surface area contributed by atoms with E-state index in [1.165, 1.54) is 0 Å². The summed E-state index contributed by atoms with van der Waals surface area (Å²) in [5.74, 6) is -1.48. The van der Waals surface area contributed by atoms with Crippen molar-refractivity contribution in [2.75, 3.05) is 6.61 Å². The molecule has 0 aliphatic heterocycles. The number of ether oxygens (including phenoxy) is 1. The van der Waals surface area contributed by atoms with Gasteiger partial charge < -0.3 is 4.74 Å². The van der Waals surface area contributed by atoms with Gasteiger partial charge in [-0.15, -0.1) is 0 Å². The van der Waals surface area contributed by atoms with Crippen LogP contribution in [0.1, 0.15) is 29.5 Å². The summed E-state index contributed by atoms with van der Waals surface area (Å²) in [7, 11) is 0. The Morgan fingerprint density at radius 2 is 1.44 bits per heavy atom. The van der Waals surface area contributed by atoms with Crippen LogP contribution in [0.4, 0.5) is 0 Å². The maximum atomic E-state index is 13.1. The normalized spacial score (nSPS) is 16.2. The van der Waals surface area contributed by atoms with E-state index in [9.17, 15) is 15.3 Å². The predicted molar refractivity (Wildman–Crippen MR) is 131 cm³/mol. The lowest BCUT2D eigenvalue weighted by molar-refractivity contribution is -0.138. The van der Waals surface area contributed by atoms with Crippen molar-refractivity contribution < 1.29 is 9.53 Å². The quantitative estimate of drug-likeness (QED) is 0.406. The van der Waals surface area contributed by atoms with Crippen LogP contribution >= 0.6 is 11.6 Å². The zero-order valence-corrected chi connectivity index (χ0v) is 19.3. The van der Waals surface area contributed by atoms with Crippen molar-refractivity contribution in [3.8, 4) is 12.1 Å². The van der Waals surface area contributed by atoms with Gasteiger partial charge in [-0.2, -0.15) is 10.5 Å². The number of nitriles is 2. The summed E-state index contributed by atoms with van der Waals surface area (Å²) in [6.07, 6.45) is 1.65. The number of halogens is 1. The number of benzene rings is 3. The molecular formula is C29H21ClN2O2. The molecule has 1 unspecified atom stereocenters. The smallest absolute Gasteiger partial charge is 0.334 e. The third-order valence-electron chi connectivity index (χ3n) is 5.94. The summed E-state index contributed by atoms with van der Waals surface area (Å²) in [4.78, 5) is 13.1. The molecule has 0 bridgehead atoms. The van der Waals surface area contributed by atoms with Crippen LogP contribution in [0.2, 0.25) is 5.02 Å². The molecule has 4 rings (SSSR count). The first-order valence-electron chi connectivity index (χ1n) is 10.9. The Bertz CT molecular complexity index is 1310. The topological polar surface area (TPSA) is 73.9 Å². The van der Waals surface area contributed by atoms with E-state index >= 15 is 0 Å². The third-order valence-corrected chi connectivity index (χ3v) is 6.29. The van der Waals surface area contributed by atoms with E-state index in [1.54, 1.807) is 37.3 Å². The van der Waals surface area contributed by atoms with Crippen molar-refractivity contribution in [1.82, 2.24) is 0 Å². The van der Waals surface area contributed by atoms with Crippen LogP contribution in [0.15, 0.2) is 102 Å². The summed E-state index contributed by atoms with van der Waals surface area (Å²) in [5.41, 5.74) is 1.88. The average molecular weight is 465 g/mol. The van der Waals surface area contributed by atoms with Gasteiger partial charge in [0.15, 0.2) is 5.41 Å². The van der Waals surface area contributed by atoms with E-state index in [0.717, 1.165) is 11.1 Å². The van der Waals surface area contributed by atoms with Gasteiger partial charge in [0.05, 0.1) is 24.7 Å². The number of hydrogen-bond acceptors (Lipinski definition) is 4. The van der Waals surface area contributed by atoms with E-state index in [4.69, 9.17) is 16.3 Å². The molecule has 0 N–H and O–H groups in total. The van der Waals surface area contributed by atoms with Crippen LogP contribution < -0.4 is 0 Å². The van der Waals surface area contributed by atoms with Gasteiger partial charge in [-0.25, -0.2) is 4.79 Å². The summed E-state index contributed by atoms with van der Waals surface area (Å²) < 4.78 is 5.35. The molecule has 0 saturated heterocycles. The van der Waals surface area contributed by atoms with Gasteiger partial charge in [-0.05, 0) is 46.9 Å². The summed E-state index contributed by atoms with van der Waals surface area (Å²) in [6, 6.07) is 30.6. The molecule has 34 heavy (non-hydrogen) atoms. The Kier molecular flexibility index (Phi) is 6.64. The van der Waals surface area contributed by atoms with Gasteiger partial charge in [0, 0.05) is 10.6 Å². The first-order chi connectivity index (χ1) is 16.6. The van der Waals surface area contributed by atoms with Crippen LogP contribution in [-0.4, -0.2) is 12.6 Å². The molecule has 0 fully saturated rings. The van der Waals surface area contributed by atoms with Crippen molar-refractivity contribution in [3.05, 3.63) is 124 Å². The van der Waals surface area contributed by atoms with Gasteiger partial charge in [-0.1, -0.05) is 90.5 Å². The number of nitrogens with zero attached hydrogens (tertiary/aromatic N) is 2. The molecule has 166 valence electrons. The standard InChI is InChI=1S/C29H21ClN2O2/c1-2-34-28(33)23-17-24(26(20-11-5-3-6-12-20)21-13-7-4-8-14-21)29(18-31,19-32)27(23)22-15-9-10-16-25(22)30/h3-17,27H,2H2,1H3. The van der Waals surface area contributed by atoms with E-state index in [2.05, 4.69) is 12.1 Å². The Balaban J connectivity index is 2.13. The molecule has 1 atom stereocenters. The van der Waals surface area contributed by atoms with Crippen molar-refractivity contribution in [3.63, 3.8) is 0 Å². The van der Waals surface area contributed by atoms with Crippen molar-refractivity contribution in [1.29, 1.82) is 10.5 Å². The van der Waals surface area contributed by atoms with Crippen LogP contribution in [0.5, 0.6) is 0 Å². The molecule has 0 saturated carbocycles. The van der Waals surface area contributed by atoms with E-state index < -0.39 is 17.3 Å². The van der Waals surface area contributed by atoms with Gasteiger partial charge in [-0.3, -0.25) is 0 Å². The SMILES string of the molecule is CCOC(=O)C1=CC(=C(c2ccccc2)c2ccccc2)C(C#N)(C#N)C1c1ccccc1Cl. The van der Waals surface area contributed by atoms with Gasteiger partial charge in [0.25, 0.3) is 0 Å². The highest BCUT2D eigenvalue weighted by Crippen LogP contribution is 2.56. The molecule has 0 amide bonds. The first-order valence-corrected chi connectivity index (χ1v) is 11.3. The highest BCUT2D eigenvalue weighted by molar-refractivity contribution is 6.31. The minimum Gasteiger partial charge on any atom is -0.463 e. The van der Waals surface area contributed by atoms with Crippen molar-refractivity contribution in [2.45, 2.75) is 12.8 Å². The van der Waals surface area contributed by atoms with Crippen LogP contribution in [0.3, 0.4) is 0 Å². The largest absolute Gasteiger partial charge is 0.463 e. The van der Waals surface area contributed by atoms with Crippen molar-refractivity contribution in [2.24, 2.45) is 5.41 Å². The lowest BCUT2D eigenvalue weighted by atomic mass is 9.69. The monoisotopic (exact) mass is 464 g/mol. The van der Waals surface area contributed by atoms with E-state index in [0.29, 0.717) is 21.7 Å². The molecule has 0 heterocycles. The van der Waals surface area contributed by atoms with E-state index in [-0.39, 0.29) is 12.2 Å². The second-order valence-electron chi connectivity index (χ2n) is 7.83. The second kappa shape index (κ2) is 9.79. The number of esters is 1. The van der Waals surface area contributed by atoms with Crippen LogP contribution in [0, 0.1) is 28.1 Å². The fraction of sp³-hybridized carbons (Fsp3) is 0.138. The molecule has 0 spiro atoms. The highest BCUT2D eigenvalue weighted by atomic mass is 35.5. The molecule has 4 nitrogen and oxygen atoms in total. The molecule has 5 heteroatoms. The molecule has 3 aromatic rings. The Morgan fingerprint density at radius 1 is 0.912 bits per heavy atom. The molecule has 0 radical (unpaired) electrons. The Hall–Kier alpha value is -4.12. The van der Waals surface area contributed by atoms with Crippen molar-refractivity contribution >= 4 is 23.1 Å². The first kappa shape index (κ1) is 23.1. The fourth-order valence-corrected chi connectivity index (χ4v) is 4.72. The predicted octanol–water partition coefficient (Wildman–Crippen LogP) is 6.46. The molecular weight excluding hydrogens is 444 g/mol. The molecule has 1 aliphatic rings. The summed E-state index contributed by atoms with van der Waals surface area (Å²) in [5, 5.41) is 21.5. The zero-order chi connectivity index (χ0) is 24.1. The number of rotatable bonds is 5. The lowest BCUT2D eigenvalue weighted by Crippen LogP contribution is -2.28. The van der Waals surface area contributed by atoms with Gasteiger partial charge in [0.2, 0.25) is 0 Å². The zero-order valence-electron chi connectivity index (χ0n) is 18.5. The van der Waals surface area contributed by atoms with Crippen LogP contribution in [-0.2, 0) is 9.53 Å². The highest BCUT2D eigenvalue weighted by Gasteiger charge is 2.53. The number of hydrogen-bond donors (Lipinski definition) is 0. The molecule has 3 aromatic carbocycles. The fourth-order valence-electron chi connectivity index (χ4n) is 4.47. The molecule has 1 aliphatic carbocycles. The van der Waals surface area contributed by atoms with Crippen LogP contribution in [0.25, 0.3) is 5.57 Å². The average Bonchev–Trinajstić information content (AvgIpc) is 3.21. The summed E-state index contributed by atoms with van der Waals surface area (Å²) in [6.45, 7) is 1.89. The van der Waals surface area contributed by atoms with Gasteiger partial charge in [0.1, 0.15) is 0 Å². The maximum absolute atomic E-state index is 13.1. The number of carbonyl (C=O) groups excluding carboxylic acids is 1.